The summed E-state index contributed by atoms with van der Waals surface area (Å²) in [5.41, 5.74) is 2.43. The first-order chi connectivity index (χ1) is 18.8. The van der Waals surface area contributed by atoms with Gasteiger partial charge in [-0.3, -0.25) is 14.5 Å². The fraction of sp³-hybridized carbons (Fsp3) is 0.517. The van der Waals surface area contributed by atoms with Gasteiger partial charge in [0.2, 0.25) is 0 Å². The second kappa shape index (κ2) is 12.9. The van der Waals surface area contributed by atoms with Crippen LogP contribution in [0.4, 0.5) is 5.69 Å². The monoisotopic (exact) mass is 612 g/mol. The lowest BCUT2D eigenvalue weighted by atomic mass is 9.99. The van der Waals surface area contributed by atoms with E-state index in [1.54, 1.807) is 24.3 Å². The summed E-state index contributed by atoms with van der Waals surface area (Å²) in [5, 5.41) is 12.0. The van der Waals surface area contributed by atoms with Gasteiger partial charge in [0.25, 0.3) is 9.70 Å². The van der Waals surface area contributed by atoms with Crippen molar-refractivity contribution in [3.05, 3.63) is 65.2 Å². The Morgan fingerprint density at radius 2 is 1.68 bits per heavy atom. The summed E-state index contributed by atoms with van der Waals surface area (Å²) >= 11 is 17.0. The molecule has 4 unspecified atom stereocenters. The van der Waals surface area contributed by atoms with Gasteiger partial charge in [-0.25, -0.2) is 0 Å². The minimum Gasteiger partial charge on any atom is -0.459 e. The Morgan fingerprint density at radius 1 is 1.02 bits per heavy atom. The topological polar surface area (TPSA) is 97.3 Å². The maximum atomic E-state index is 12.9. The number of esters is 1. The number of hydrogen-bond acceptors (Lipinski definition) is 7. The van der Waals surface area contributed by atoms with E-state index in [9.17, 15) is 14.7 Å². The normalized spacial score (nSPS) is 24.1. The minimum absolute atomic E-state index is 0.0393. The third-order valence-corrected chi connectivity index (χ3v) is 7.31. The number of carbonyl (C=O) groups is 2. The molecule has 2 saturated heterocycles. The van der Waals surface area contributed by atoms with Crippen LogP contribution in [0, 0.1) is 0 Å². The van der Waals surface area contributed by atoms with Crippen molar-refractivity contribution < 1.29 is 28.9 Å². The van der Waals surface area contributed by atoms with E-state index < -0.39 is 21.6 Å². The zero-order valence-corrected chi connectivity index (χ0v) is 25.0. The van der Waals surface area contributed by atoms with Crippen LogP contribution in [0.15, 0.2) is 48.5 Å². The predicted octanol–water partition coefficient (Wildman–Crippen LogP) is 5.84. The average Bonchev–Trinajstić information content (AvgIpc) is 3.36. The molecule has 2 heterocycles. The quantitative estimate of drug-likeness (QED) is 0.299. The van der Waals surface area contributed by atoms with Gasteiger partial charge in [-0.1, -0.05) is 71.2 Å². The van der Waals surface area contributed by atoms with Gasteiger partial charge in [-0.2, -0.15) is 0 Å². The number of halogens is 3. The Bertz CT molecular complexity index is 1160. The van der Waals surface area contributed by atoms with Crippen molar-refractivity contribution in [1.82, 2.24) is 4.90 Å². The molecule has 4 atom stereocenters. The number of aliphatic hydroxyl groups excluding tert-OH is 1. The number of hydrogen-bond donors (Lipinski definition) is 2. The molecule has 40 heavy (non-hydrogen) atoms. The largest absolute Gasteiger partial charge is 0.459 e. The Kier molecular flexibility index (Phi) is 10.0. The lowest BCUT2D eigenvalue weighted by molar-refractivity contribution is -0.253. The summed E-state index contributed by atoms with van der Waals surface area (Å²) in [7, 11) is 0. The third-order valence-electron chi connectivity index (χ3n) is 6.79. The van der Waals surface area contributed by atoms with Crippen LogP contribution in [0.25, 0.3) is 0 Å². The molecule has 218 valence electrons. The highest BCUT2D eigenvalue weighted by Crippen LogP contribution is 2.39. The predicted molar refractivity (Wildman–Crippen MR) is 154 cm³/mol. The molecule has 2 fully saturated rings. The molecular formula is C29H35Cl3N2O6. The fourth-order valence-electron chi connectivity index (χ4n) is 4.90. The molecule has 8 nitrogen and oxygen atoms in total. The summed E-state index contributed by atoms with van der Waals surface area (Å²) in [6.45, 7) is 6.91. The number of aliphatic hydroxyl groups is 1. The van der Waals surface area contributed by atoms with Gasteiger partial charge in [0.05, 0.1) is 18.8 Å². The van der Waals surface area contributed by atoms with Crippen molar-refractivity contribution in [2.24, 2.45) is 0 Å². The zero-order valence-electron chi connectivity index (χ0n) is 22.7. The van der Waals surface area contributed by atoms with Gasteiger partial charge >= 0.3 is 5.97 Å². The number of ether oxygens (including phenoxy) is 3. The van der Waals surface area contributed by atoms with Crippen LogP contribution in [-0.4, -0.2) is 56.5 Å². The fourth-order valence-corrected chi connectivity index (χ4v) is 5.04. The smallest absolute Gasteiger partial charge is 0.323 e. The van der Waals surface area contributed by atoms with Gasteiger partial charge in [0.15, 0.2) is 6.29 Å². The van der Waals surface area contributed by atoms with Gasteiger partial charge in [-0.15, -0.1) is 0 Å². The van der Waals surface area contributed by atoms with E-state index in [2.05, 4.69) is 10.2 Å². The molecule has 2 aliphatic heterocycles. The number of alkyl halides is 3. The number of rotatable bonds is 7. The van der Waals surface area contributed by atoms with Crippen molar-refractivity contribution in [3.8, 4) is 0 Å². The molecule has 4 rings (SSSR count). The highest BCUT2D eigenvalue weighted by atomic mass is 35.6. The van der Waals surface area contributed by atoms with E-state index in [-0.39, 0.29) is 30.8 Å². The Hall–Kier alpha value is -1.91. The summed E-state index contributed by atoms with van der Waals surface area (Å²) in [6, 6.07) is 14.3. The van der Waals surface area contributed by atoms with Gasteiger partial charge < -0.3 is 24.6 Å². The minimum atomic E-state index is -2.08. The van der Waals surface area contributed by atoms with E-state index in [1.165, 1.54) is 0 Å². The van der Waals surface area contributed by atoms with E-state index in [4.69, 9.17) is 49.0 Å². The zero-order chi connectivity index (χ0) is 29.1. The molecule has 11 heteroatoms. The van der Waals surface area contributed by atoms with Crippen LogP contribution < -0.4 is 5.32 Å². The number of benzene rings is 2. The van der Waals surface area contributed by atoms with Gasteiger partial charge in [0.1, 0.15) is 11.6 Å². The summed E-state index contributed by atoms with van der Waals surface area (Å²) < 4.78 is 16.4. The highest BCUT2D eigenvalue weighted by Gasteiger charge is 2.39. The number of likely N-dealkylation sites (tertiary alicyclic amines) is 1. The van der Waals surface area contributed by atoms with E-state index >= 15 is 0 Å². The highest BCUT2D eigenvalue weighted by molar-refractivity contribution is 6.76. The third kappa shape index (κ3) is 8.32. The van der Waals surface area contributed by atoms with Crippen LogP contribution >= 0.6 is 34.8 Å². The maximum Gasteiger partial charge on any atom is 0.323 e. The second-order valence-corrected chi connectivity index (χ2v) is 13.4. The Labute approximate surface area is 249 Å². The van der Waals surface area contributed by atoms with Crippen LogP contribution in [0.5, 0.6) is 0 Å². The number of carbonyl (C=O) groups excluding carboxylic acids is 2. The molecule has 2 aliphatic rings. The van der Waals surface area contributed by atoms with Crippen LogP contribution in [0.1, 0.15) is 69.1 Å². The first-order valence-electron chi connectivity index (χ1n) is 13.3. The second-order valence-electron chi connectivity index (χ2n) is 11.1. The average molecular weight is 614 g/mol. The maximum absolute atomic E-state index is 12.9. The summed E-state index contributed by atoms with van der Waals surface area (Å²) in [6.07, 6.45) is 1.04. The van der Waals surface area contributed by atoms with Crippen molar-refractivity contribution >= 4 is 52.4 Å². The van der Waals surface area contributed by atoms with Gasteiger partial charge in [-0.05, 0) is 63.4 Å². The summed E-state index contributed by atoms with van der Waals surface area (Å²) in [4.78, 5) is 27.1. The van der Waals surface area contributed by atoms with Crippen molar-refractivity contribution in [3.63, 3.8) is 0 Å². The van der Waals surface area contributed by atoms with Crippen molar-refractivity contribution in [1.29, 1.82) is 0 Å². The molecule has 0 radical (unpaired) electrons. The molecule has 0 aromatic heterocycles. The molecule has 2 aromatic rings. The lowest BCUT2D eigenvalue weighted by Gasteiger charge is -2.38. The van der Waals surface area contributed by atoms with Gasteiger partial charge in [0, 0.05) is 24.2 Å². The molecule has 2 N–H and O–H groups in total. The molecule has 2 aromatic carbocycles. The molecule has 0 spiro atoms. The lowest BCUT2D eigenvalue weighted by Crippen LogP contribution is -2.45. The van der Waals surface area contributed by atoms with Crippen LogP contribution in [0.2, 0.25) is 0 Å². The van der Waals surface area contributed by atoms with E-state index in [0.717, 1.165) is 36.1 Å². The molecule has 1 amide bonds. The first-order valence-corrected chi connectivity index (χ1v) is 14.4. The van der Waals surface area contributed by atoms with Crippen LogP contribution in [0.3, 0.4) is 0 Å². The van der Waals surface area contributed by atoms with Crippen LogP contribution in [-0.2, 0) is 30.4 Å². The number of anilines is 1. The van der Waals surface area contributed by atoms with E-state index in [1.807, 2.05) is 45.0 Å². The SMILES string of the molecule is CC(C)(C)OC(=O)C1CCCN1CC1CC(c2ccc(CO)cc2)OC(c2ccc(NC(=O)C(Cl)(Cl)Cl)cc2)O1. The Morgan fingerprint density at radius 3 is 2.27 bits per heavy atom. The number of nitrogens with one attached hydrogen (secondary N) is 1. The van der Waals surface area contributed by atoms with E-state index in [0.29, 0.717) is 18.7 Å². The molecular weight excluding hydrogens is 579 g/mol. The standard InChI is InChI=1S/C29H35Cl3N2O6/c1-28(2,3)40-25(36)23-5-4-14-34(23)16-22-15-24(19-8-6-18(17-35)7-9-19)39-26(38-22)20-10-12-21(13-11-20)33-27(37)29(30,31)32/h6-13,22-24,26,35H,4-5,14-17H2,1-3H3,(H,33,37). The summed E-state index contributed by atoms with van der Waals surface area (Å²) in [5.74, 6) is -0.968. The van der Waals surface area contributed by atoms with Crippen molar-refractivity contribution in [2.45, 2.75) is 80.6 Å². The van der Waals surface area contributed by atoms with Crippen molar-refractivity contribution in [2.75, 3.05) is 18.4 Å². The first kappa shape index (κ1) is 31.0. The Balaban J connectivity index is 1.52. The number of amides is 1. The molecule has 0 saturated carbocycles. The number of nitrogens with zero attached hydrogens (tertiary/aromatic N) is 1. The molecule has 0 aliphatic carbocycles. The molecule has 0 bridgehead atoms.